The number of nitro benzene ring substituents is 1. The second-order valence-electron chi connectivity index (χ2n) is 5.87. The number of fused-ring (bicyclic) bond motifs is 1. The Bertz CT molecular complexity index is 1100. The Kier molecular flexibility index (Phi) is 5.25. The standard InChI is InChI=1S/C19H14FN3O5/c1-11-8-14(13-4-2-3-5-16(13)21-11)19(25)28-10-18(24)22-17-9-12(23(26)27)6-7-15(17)20/h2-9H,10H2,1H3,(H,22,24). The van der Waals surface area contributed by atoms with E-state index in [4.69, 9.17) is 4.74 Å². The van der Waals surface area contributed by atoms with E-state index >= 15 is 0 Å². The van der Waals surface area contributed by atoms with Crippen molar-refractivity contribution in [3.05, 3.63) is 75.7 Å². The number of nitrogens with one attached hydrogen (secondary N) is 1. The molecule has 1 N–H and O–H groups in total. The van der Waals surface area contributed by atoms with Gasteiger partial charge in [0.2, 0.25) is 0 Å². The summed E-state index contributed by atoms with van der Waals surface area (Å²) in [5.74, 6) is -2.42. The van der Waals surface area contributed by atoms with Crippen molar-refractivity contribution in [3.63, 3.8) is 0 Å². The minimum Gasteiger partial charge on any atom is -0.452 e. The number of carbonyl (C=O) groups excluding carboxylic acids is 2. The Balaban J connectivity index is 1.71. The number of carbonyl (C=O) groups is 2. The largest absolute Gasteiger partial charge is 0.452 e. The van der Waals surface area contributed by atoms with E-state index in [2.05, 4.69) is 10.3 Å². The van der Waals surface area contributed by atoms with Crippen LogP contribution in [0.25, 0.3) is 10.9 Å². The molecule has 2 aromatic carbocycles. The van der Waals surface area contributed by atoms with Crippen LogP contribution < -0.4 is 5.32 Å². The third kappa shape index (κ3) is 4.09. The molecule has 1 aromatic heterocycles. The summed E-state index contributed by atoms with van der Waals surface area (Å²) in [5.41, 5.74) is 0.705. The predicted octanol–water partition coefficient (Wildman–Crippen LogP) is 3.39. The van der Waals surface area contributed by atoms with Crippen LogP contribution in [0.1, 0.15) is 16.1 Å². The van der Waals surface area contributed by atoms with Crippen LogP contribution in [0.2, 0.25) is 0 Å². The highest BCUT2D eigenvalue weighted by Gasteiger charge is 2.17. The maximum Gasteiger partial charge on any atom is 0.339 e. The molecule has 142 valence electrons. The van der Waals surface area contributed by atoms with Crippen molar-refractivity contribution < 1.29 is 23.6 Å². The number of esters is 1. The fraction of sp³-hybridized carbons (Fsp3) is 0.105. The van der Waals surface area contributed by atoms with E-state index in [0.29, 0.717) is 16.6 Å². The van der Waals surface area contributed by atoms with E-state index in [1.807, 2.05) is 0 Å². The molecule has 0 saturated heterocycles. The van der Waals surface area contributed by atoms with Crippen molar-refractivity contribution >= 4 is 34.2 Å². The predicted molar refractivity (Wildman–Crippen MR) is 98.4 cm³/mol. The fourth-order valence-electron chi connectivity index (χ4n) is 2.59. The van der Waals surface area contributed by atoms with E-state index < -0.39 is 29.2 Å². The topological polar surface area (TPSA) is 111 Å². The molecule has 3 rings (SSSR count). The average Bonchev–Trinajstić information content (AvgIpc) is 2.67. The molecule has 0 spiro atoms. The van der Waals surface area contributed by atoms with Crippen molar-refractivity contribution in [1.29, 1.82) is 0 Å². The highest BCUT2D eigenvalue weighted by molar-refractivity contribution is 6.04. The molecule has 0 aliphatic carbocycles. The van der Waals surface area contributed by atoms with Crippen LogP contribution in [0.5, 0.6) is 0 Å². The Hall–Kier alpha value is -3.88. The van der Waals surface area contributed by atoms with Gasteiger partial charge < -0.3 is 10.1 Å². The number of aromatic nitrogens is 1. The van der Waals surface area contributed by atoms with Gasteiger partial charge in [0.15, 0.2) is 6.61 Å². The molecule has 3 aromatic rings. The monoisotopic (exact) mass is 383 g/mol. The number of anilines is 1. The molecule has 0 saturated carbocycles. The molecule has 1 heterocycles. The normalized spacial score (nSPS) is 10.5. The van der Waals surface area contributed by atoms with E-state index in [1.54, 1.807) is 37.3 Å². The van der Waals surface area contributed by atoms with Gasteiger partial charge in [-0.3, -0.25) is 19.9 Å². The molecular formula is C19H14FN3O5. The fourth-order valence-corrected chi connectivity index (χ4v) is 2.59. The van der Waals surface area contributed by atoms with Crippen LogP contribution in [0.3, 0.4) is 0 Å². The quantitative estimate of drug-likeness (QED) is 0.411. The molecular weight excluding hydrogens is 369 g/mol. The van der Waals surface area contributed by atoms with Gasteiger partial charge in [0.25, 0.3) is 11.6 Å². The van der Waals surface area contributed by atoms with Gasteiger partial charge in [-0.05, 0) is 25.1 Å². The third-order valence-corrected chi connectivity index (χ3v) is 3.83. The molecule has 0 aliphatic rings. The van der Waals surface area contributed by atoms with Gasteiger partial charge in [-0.2, -0.15) is 0 Å². The second-order valence-corrected chi connectivity index (χ2v) is 5.87. The van der Waals surface area contributed by atoms with Crippen molar-refractivity contribution in [1.82, 2.24) is 4.98 Å². The number of aryl methyl sites for hydroxylation is 1. The SMILES string of the molecule is Cc1cc(C(=O)OCC(=O)Nc2cc([N+](=O)[O-])ccc2F)c2ccccc2n1. The Labute approximate surface area is 158 Å². The zero-order chi connectivity index (χ0) is 20.3. The average molecular weight is 383 g/mol. The van der Waals surface area contributed by atoms with Gasteiger partial charge >= 0.3 is 5.97 Å². The number of nitro groups is 1. The molecule has 1 amide bonds. The van der Waals surface area contributed by atoms with Crippen molar-refractivity contribution in [3.8, 4) is 0 Å². The first-order valence-electron chi connectivity index (χ1n) is 8.12. The molecule has 0 fully saturated rings. The molecule has 0 unspecified atom stereocenters. The van der Waals surface area contributed by atoms with Crippen LogP contribution in [-0.2, 0) is 9.53 Å². The van der Waals surface area contributed by atoms with Crippen molar-refractivity contribution in [2.45, 2.75) is 6.92 Å². The molecule has 9 heteroatoms. The van der Waals surface area contributed by atoms with Gasteiger partial charge in [0.1, 0.15) is 5.82 Å². The number of hydrogen-bond donors (Lipinski definition) is 1. The Morgan fingerprint density at radius 3 is 2.71 bits per heavy atom. The molecule has 8 nitrogen and oxygen atoms in total. The van der Waals surface area contributed by atoms with Crippen LogP contribution >= 0.6 is 0 Å². The summed E-state index contributed by atoms with van der Waals surface area (Å²) in [4.78, 5) is 38.7. The van der Waals surface area contributed by atoms with Crippen LogP contribution in [0.15, 0.2) is 48.5 Å². The van der Waals surface area contributed by atoms with E-state index in [9.17, 15) is 24.1 Å². The lowest BCUT2D eigenvalue weighted by molar-refractivity contribution is -0.384. The lowest BCUT2D eigenvalue weighted by atomic mass is 10.1. The number of amides is 1. The summed E-state index contributed by atoms with van der Waals surface area (Å²) in [7, 11) is 0. The van der Waals surface area contributed by atoms with E-state index in [1.165, 1.54) is 0 Å². The Morgan fingerprint density at radius 1 is 1.21 bits per heavy atom. The zero-order valence-corrected chi connectivity index (χ0v) is 14.6. The van der Waals surface area contributed by atoms with Crippen molar-refractivity contribution in [2.24, 2.45) is 0 Å². The van der Waals surface area contributed by atoms with Crippen molar-refractivity contribution in [2.75, 3.05) is 11.9 Å². The summed E-state index contributed by atoms with van der Waals surface area (Å²) in [5, 5.41) is 13.5. The third-order valence-electron chi connectivity index (χ3n) is 3.83. The number of non-ortho nitro benzene ring substituents is 1. The second kappa shape index (κ2) is 7.78. The number of hydrogen-bond acceptors (Lipinski definition) is 6. The Morgan fingerprint density at radius 2 is 1.96 bits per heavy atom. The van der Waals surface area contributed by atoms with Crippen LogP contribution in [-0.4, -0.2) is 28.4 Å². The highest BCUT2D eigenvalue weighted by Crippen LogP contribution is 2.22. The summed E-state index contributed by atoms with van der Waals surface area (Å²) < 4.78 is 18.7. The number of nitrogens with zero attached hydrogens (tertiary/aromatic N) is 2. The summed E-state index contributed by atoms with van der Waals surface area (Å²) in [6.45, 7) is 1.04. The first-order valence-corrected chi connectivity index (χ1v) is 8.12. The number of benzene rings is 2. The van der Waals surface area contributed by atoms with E-state index in [0.717, 1.165) is 18.2 Å². The molecule has 28 heavy (non-hydrogen) atoms. The number of rotatable bonds is 5. The van der Waals surface area contributed by atoms with Gasteiger partial charge in [-0.15, -0.1) is 0 Å². The summed E-state index contributed by atoms with van der Waals surface area (Å²) in [6, 6.07) is 11.2. The molecule has 0 radical (unpaired) electrons. The minimum atomic E-state index is -0.846. The molecule has 0 aliphatic heterocycles. The number of halogens is 1. The van der Waals surface area contributed by atoms with Gasteiger partial charge in [0, 0.05) is 23.2 Å². The first-order chi connectivity index (χ1) is 13.3. The number of para-hydroxylation sites is 1. The number of pyridine rings is 1. The lowest BCUT2D eigenvalue weighted by Gasteiger charge is -2.09. The molecule has 0 atom stereocenters. The van der Waals surface area contributed by atoms with Crippen LogP contribution in [0.4, 0.5) is 15.8 Å². The highest BCUT2D eigenvalue weighted by atomic mass is 19.1. The van der Waals surface area contributed by atoms with Crippen LogP contribution in [0, 0.1) is 22.9 Å². The minimum absolute atomic E-state index is 0.248. The maximum atomic E-state index is 13.7. The van der Waals surface area contributed by atoms with Gasteiger partial charge in [-0.25, -0.2) is 9.18 Å². The lowest BCUT2D eigenvalue weighted by Crippen LogP contribution is -2.21. The van der Waals surface area contributed by atoms with Gasteiger partial charge in [-0.1, -0.05) is 18.2 Å². The summed E-state index contributed by atoms with van der Waals surface area (Å²) >= 11 is 0. The maximum absolute atomic E-state index is 13.7. The summed E-state index contributed by atoms with van der Waals surface area (Å²) in [6.07, 6.45) is 0. The smallest absolute Gasteiger partial charge is 0.339 e. The molecule has 0 bridgehead atoms. The number of ether oxygens (including phenoxy) is 1. The van der Waals surface area contributed by atoms with Gasteiger partial charge in [0.05, 0.1) is 21.7 Å². The van der Waals surface area contributed by atoms with E-state index in [-0.39, 0.29) is 16.9 Å². The first kappa shape index (κ1) is 18.9. The zero-order valence-electron chi connectivity index (χ0n) is 14.6.